The van der Waals surface area contributed by atoms with Gasteiger partial charge in [0.05, 0.1) is 6.04 Å². The van der Waals surface area contributed by atoms with Crippen LogP contribution in [0.15, 0.2) is 0 Å². The van der Waals surface area contributed by atoms with E-state index in [4.69, 9.17) is 0 Å². The third kappa shape index (κ3) is 5.11. The molecule has 1 saturated carbocycles. The highest BCUT2D eigenvalue weighted by Gasteiger charge is 2.32. The van der Waals surface area contributed by atoms with Crippen LogP contribution in [-0.4, -0.2) is 29.8 Å². The first-order valence-corrected chi connectivity index (χ1v) is 7.02. The van der Waals surface area contributed by atoms with Crippen molar-refractivity contribution in [3.05, 3.63) is 0 Å². The second-order valence-corrected chi connectivity index (χ2v) is 4.21. The van der Waals surface area contributed by atoms with E-state index in [1.807, 2.05) is 27.7 Å². The number of carbonyl (C=O) groups excluding carboxylic acids is 1. The molecular formula is C14H29NO. The van der Waals surface area contributed by atoms with E-state index >= 15 is 0 Å². The molecule has 2 nitrogen and oxygen atoms in total. The maximum absolute atomic E-state index is 11.2. The fraction of sp³-hybridized carbons (Fsp3) is 0.929. The predicted octanol–water partition coefficient (Wildman–Crippen LogP) is 3.50. The van der Waals surface area contributed by atoms with Gasteiger partial charge >= 0.3 is 0 Å². The van der Waals surface area contributed by atoms with Crippen molar-refractivity contribution >= 4 is 5.78 Å². The second-order valence-electron chi connectivity index (χ2n) is 4.21. The first-order chi connectivity index (χ1) is 7.77. The molecule has 1 atom stereocenters. The van der Waals surface area contributed by atoms with Crippen LogP contribution in [0.2, 0.25) is 0 Å². The molecule has 1 unspecified atom stereocenters. The topological polar surface area (TPSA) is 20.3 Å². The van der Waals surface area contributed by atoms with Gasteiger partial charge in [-0.2, -0.15) is 0 Å². The molecule has 1 aliphatic carbocycles. The summed E-state index contributed by atoms with van der Waals surface area (Å²) in [5.41, 5.74) is 0. The Morgan fingerprint density at radius 1 is 1.12 bits per heavy atom. The molecule has 2 heteroatoms. The predicted molar refractivity (Wildman–Crippen MR) is 70.7 cm³/mol. The smallest absolute Gasteiger partial charge is 0.146 e. The summed E-state index contributed by atoms with van der Waals surface area (Å²) in [5, 5.41) is 0. The van der Waals surface area contributed by atoms with Gasteiger partial charge in [0.1, 0.15) is 5.78 Å². The van der Waals surface area contributed by atoms with Gasteiger partial charge < -0.3 is 0 Å². The number of hydrogen-bond donors (Lipinski definition) is 0. The van der Waals surface area contributed by atoms with Crippen molar-refractivity contribution in [2.24, 2.45) is 5.92 Å². The fourth-order valence-corrected chi connectivity index (χ4v) is 2.14. The maximum Gasteiger partial charge on any atom is 0.146 e. The zero-order valence-electron chi connectivity index (χ0n) is 11.8. The van der Waals surface area contributed by atoms with E-state index in [1.165, 1.54) is 25.8 Å². The first-order valence-electron chi connectivity index (χ1n) is 7.02. The Morgan fingerprint density at radius 3 is 2.12 bits per heavy atom. The molecule has 0 radical (unpaired) electrons. The van der Waals surface area contributed by atoms with Crippen molar-refractivity contribution in [3.8, 4) is 0 Å². The highest BCUT2D eigenvalue weighted by molar-refractivity contribution is 5.81. The molecule has 0 amide bonds. The van der Waals surface area contributed by atoms with Gasteiger partial charge in [-0.3, -0.25) is 9.69 Å². The molecule has 1 saturated heterocycles. The van der Waals surface area contributed by atoms with E-state index in [0.717, 1.165) is 18.9 Å². The standard InChI is InChI=1S/C10H17NO.2C2H6/c1-8(12)10-3-2-6-11(10)7-9-4-5-9;2*1-2/h9-10H,2-7H2,1H3;2*1-2H3. The lowest BCUT2D eigenvalue weighted by Gasteiger charge is -2.21. The molecule has 0 aromatic carbocycles. The Labute approximate surface area is 101 Å². The summed E-state index contributed by atoms with van der Waals surface area (Å²) >= 11 is 0. The van der Waals surface area contributed by atoms with Crippen LogP contribution >= 0.6 is 0 Å². The average Bonchev–Trinajstić information content (AvgIpc) is 3.00. The number of Topliss-reactive ketones (excluding diaryl/α,β-unsaturated/α-hetero) is 1. The third-order valence-corrected chi connectivity index (χ3v) is 3.02. The van der Waals surface area contributed by atoms with Crippen LogP contribution in [0.4, 0.5) is 0 Å². The number of nitrogens with zero attached hydrogens (tertiary/aromatic N) is 1. The number of likely N-dealkylation sites (tertiary alicyclic amines) is 1. The highest BCUT2D eigenvalue weighted by atomic mass is 16.1. The molecule has 1 aliphatic heterocycles. The van der Waals surface area contributed by atoms with Crippen molar-refractivity contribution in [1.82, 2.24) is 4.90 Å². The molecule has 96 valence electrons. The fourth-order valence-electron chi connectivity index (χ4n) is 2.14. The molecule has 0 spiro atoms. The molecular weight excluding hydrogens is 198 g/mol. The van der Waals surface area contributed by atoms with Crippen LogP contribution in [0.5, 0.6) is 0 Å². The molecule has 2 fully saturated rings. The van der Waals surface area contributed by atoms with Gasteiger partial charge in [-0.15, -0.1) is 0 Å². The monoisotopic (exact) mass is 227 g/mol. The summed E-state index contributed by atoms with van der Waals surface area (Å²) < 4.78 is 0. The zero-order valence-corrected chi connectivity index (χ0v) is 11.8. The molecule has 2 rings (SSSR count). The molecule has 0 aromatic heterocycles. The van der Waals surface area contributed by atoms with Crippen LogP contribution in [0, 0.1) is 5.92 Å². The molecule has 0 N–H and O–H groups in total. The van der Waals surface area contributed by atoms with Gasteiger partial charge in [0.2, 0.25) is 0 Å². The minimum atomic E-state index is 0.269. The minimum absolute atomic E-state index is 0.269. The Balaban J connectivity index is 0.000000509. The maximum atomic E-state index is 11.2. The van der Waals surface area contributed by atoms with Crippen molar-refractivity contribution in [2.45, 2.75) is 66.3 Å². The van der Waals surface area contributed by atoms with Crippen molar-refractivity contribution in [2.75, 3.05) is 13.1 Å². The van der Waals surface area contributed by atoms with E-state index in [-0.39, 0.29) is 6.04 Å². The summed E-state index contributed by atoms with van der Waals surface area (Å²) in [5.74, 6) is 1.29. The van der Waals surface area contributed by atoms with E-state index in [2.05, 4.69) is 4.90 Å². The lowest BCUT2D eigenvalue weighted by Crippen LogP contribution is -2.36. The van der Waals surface area contributed by atoms with Crippen LogP contribution in [0.3, 0.4) is 0 Å². The van der Waals surface area contributed by atoms with Gasteiger partial charge in [-0.25, -0.2) is 0 Å². The van der Waals surface area contributed by atoms with Crippen molar-refractivity contribution in [3.63, 3.8) is 0 Å². The minimum Gasteiger partial charge on any atom is -0.298 e. The van der Waals surface area contributed by atoms with E-state index in [0.29, 0.717) is 5.78 Å². The van der Waals surface area contributed by atoms with Gasteiger partial charge in [0.15, 0.2) is 0 Å². The quantitative estimate of drug-likeness (QED) is 0.735. The number of carbonyl (C=O) groups is 1. The summed E-state index contributed by atoms with van der Waals surface area (Å²) in [6, 6.07) is 0.269. The van der Waals surface area contributed by atoms with Crippen LogP contribution in [0.1, 0.15) is 60.3 Å². The van der Waals surface area contributed by atoms with Crippen molar-refractivity contribution < 1.29 is 4.79 Å². The van der Waals surface area contributed by atoms with Gasteiger partial charge in [-0.1, -0.05) is 27.7 Å². The number of hydrogen-bond acceptors (Lipinski definition) is 2. The first kappa shape index (κ1) is 15.6. The largest absolute Gasteiger partial charge is 0.298 e. The lowest BCUT2D eigenvalue weighted by atomic mass is 10.1. The normalized spacial score (nSPS) is 23.9. The Bertz CT molecular complexity index is 187. The van der Waals surface area contributed by atoms with Crippen LogP contribution in [-0.2, 0) is 4.79 Å². The summed E-state index contributed by atoms with van der Waals surface area (Å²) in [4.78, 5) is 13.6. The van der Waals surface area contributed by atoms with Crippen LogP contribution in [0.25, 0.3) is 0 Å². The van der Waals surface area contributed by atoms with Crippen LogP contribution < -0.4 is 0 Å². The average molecular weight is 227 g/mol. The zero-order chi connectivity index (χ0) is 12.6. The van der Waals surface area contributed by atoms with Gasteiger partial charge in [0, 0.05) is 6.54 Å². The Hall–Kier alpha value is -0.370. The molecule has 2 aliphatic rings. The van der Waals surface area contributed by atoms with Gasteiger partial charge in [-0.05, 0) is 45.1 Å². The molecule has 0 bridgehead atoms. The van der Waals surface area contributed by atoms with E-state index in [9.17, 15) is 4.79 Å². The SMILES string of the molecule is CC.CC.CC(=O)C1CCCN1CC1CC1. The second kappa shape index (κ2) is 8.74. The third-order valence-electron chi connectivity index (χ3n) is 3.02. The highest BCUT2D eigenvalue weighted by Crippen LogP contribution is 2.32. The summed E-state index contributed by atoms with van der Waals surface area (Å²) in [6.07, 6.45) is 5.10. The van der Waals surface area contributed by atoms with Crippen molar-refractivity contribution in [1.29, 1.82) is 0 Å². The molecule has 0 aromatic rings. The summed E-state index contributed by atoms with van der Waals surface area (Å²) in [7, 11) is 0. The van der Waals surface area contributed by atoms with Gasteiger partial charge in [0.25, 0.3) is 0 Å². The summed E-state index contributed by atoms with van der Waals surface area (Å²) in [6.45, 7) is 12.1. The number of ketones is 1. The molecule has 16 heavy (non-hydrogen) atoms. The van der Waals surface area contributed by atoms with E-state index < -0.39 is 0 Å². The Morgan fingerprint density at radius 2 is 1.69 bits per heavy atom. The number of rotatable bonds is 3. The van der Waals surface area contributed by atoms with E-state index in [1.54, 1.807) is 6.92 Å². The lowest BCUT2D eigenvalue weighted by molar-refractivity contribution is -0.121. The Kier molecular flexibility index (Phi) is 8.54. The molecule has 1 heterocycles.